The van der Waals surface area contributed by atoms with Gasteiger partial charge in [-0.05, 0) is 50.1 Å². The van der Waals surface area contributed by atoms with Crippen LogP contribution < -0.4 is 0 Å². The Morgan fingerprint density at radius 2 is 1.89 bits per heavy atom. The molecule has 1 fully saturated rings. The van der Waals surface area contributed by atoms with Gasteiger partial charge < -0.3 is 9.80 Å². The number of carbonyl (C=O) groups is 1. The number of fused-ring (bicyclic) bond motifs is 1. The second-order valence-corrected chi connectivity index (χ2v) is 7.74. The number of aromatic nitrogens is 2. The molecular formula is C23H26N4O. The molecule has 0 aliphatic carbocycles. The first-order valence-electron chi connectivity index (χ1n) is 9.84. The van der Waals surface area contributed by atoms with Crippen molar-refractivity contribution < 1.29 is 4.79 Å². The van der Waals surface area contributed by atoms with Crippen molar-refractivity contribution in [3.8, 4) is 0 Å². The van der Waals surface area contributed by atoms with Gasteiger partial charge in [-0.1, -0.05) is 30.3 Å². The van der Waals surface area contributed by atoms with E-state index in [2.05, 4.69) is 46.2 Å². The van der Waals surface area contributed by atoms with Crippen LogP contribution in [-0.2, 0) is 6.42 Å². The lowest BCUT2D eigenvalue weighted by Gasteiger charge is -2.24. The van der Waals surface area contributed by atoms with Crippen LogP contribution in [0.25, 0.3) is 10.9 Å². The molecule has 0 saturated carbocycles. The number of aryl methyl sites for hydroxylation is 1. The summed E-state index contributed by atoms with van der Waals surface area (Å²) in [5, 5.41) is 1.17. The van der Waals surface area contributed by atoms with Crippen LogP contribution in [0.15, 0.2) is 54.7 Å². The van der Waals surface area contributed by atoms with Gasteiger partial charge in [-0.15, -0.1) is 0 Å². The lowest BCUT2D eigenvalue weighted by atomic mass is 9.96. The predicted molar refractivity (Wildman–Crippen MR) is 111 cm³/mol. The van der Waals surface area contributed by atoms with Crippen molar-refractivity contribution in [1.82, 2.24) is 19.8 Å². The van der Waals surface area contributed by atoms with Gasteiger partial charge in [0.05, 0.1) is 5.52 Å². The van der Waals surface area contributed by atoms with E-state index in [4.69, 9.17) is 0 Å². The maximum Gasteiger partial charge on any atom is 0.272 e. The third-order valence-corrected chi connectivity index (χ3v) is 5.42. The number of para-hydroxylation sites is 1. The van der Waals surface area contributed by atoms with Gasteiger partial charge in [0.25, 0.3) is 5.91 Å². The molecule has 1 atom stereocenters. The van der Waals surface area contributed by atoms with Crippen molar-refractivity contribution in [2.45, 2.75) is 13.3 Å². The van der Waals surface area contributed by atoms with Crippen molar-refractivity contribution in [3.63, 3.8) is 0 Å². The van der Waals surface area contributed by atoms with Gasteiger partial charge in [0, 0.05) is 43.5 Å². The van der Waals surface area contributed by atoms with Crippen LogP contribution in [0.3, 0.4) is 0 Å². The summed E-state index contributed by atoms with van der Waals surface area (Å²) in [7, 11) is 2.13. The molecule has 0 N–H and O–H groups in total. The SMILES string of the molecule is Cc1cccc(C(=O)N2CCN(C)C[C@@H](Cc3cccc4cccnc34)C2)n1. The van der Waals surface area contributed by atoms with Gasteiger partial charge in [0.15, 0.2) is 0 Å². The zero-order valence-electron chi connectivity index (χ0n) is 16.5. The van der Waals surface area contributed by atoms with Crippen LogP contribution >= 0.6 is 0 Å². The van der Waals surface area contributed by atoms with Crippen molar-refractivity contribution in [1.29, 1.82) is 0 Å². The van der Waals surface area contributed by atoms with E-state index in [9.17, 15) is 4.79 Å². The molecule has 1 aliphatic rings. The Morgan fingerprint density at radius 1 is 1.07 bits per heavy atom. The maximum atomic E-state index is 13.1. The summed E-state index contributed by atoms with van der Waals surface area (Å²) in [5.74, 6) is 0.383. The standard InChI is InChI=1S/C23H26N4O/c1-17-6-3-10-21(25-17)23(28)27-13-12-26(2)15-18(16-27)14-20-8-4-7-19-9-5-11-24-22(19)20/h3-11,18H,12-16H2,1-2H3/t18-/m1/s1. The number of likely N-dealkylation sites (N-methyl/N-ethyl adjacent to an activating group) is 1. The molecule has 2 aromatic heterocycles. The predicted octanol–water partition coefficient (Wildman–Crippen LogP) is 3.18. The Morgan fingerprint density at radius 3 is 2.75 bits per heavy atom. The molecule has 3 heterocycles. The highest BCUT2D eigenvalue weighted by molar-refractivity contribution is 5.92. The first-order chi connectivity index (χ1) is 13.6. The molecular weight excluding hydrogens is 348 g/mol. The van der Waals surface area contributed by atoms with Gasteiger partial charge >= 0.3 is 0 Å². The minimum atomic E-state index is 0.0278. The van der Waals surface area contributed by atoms with Crippen LogP contribution in [0.2, 0.25) is 0 Å². The maximum absolute atomic E-state index is 13.1. The molecule has 1 saturated heterocycles. The van der Waals surface area contributed by atoms with E-state index in [1.807, 2.05) is 42.3 Å². The van der Waals surface area contributed by atoms with E-state index in [-0.39, 0.29) is 5.91 Å². The molecule has 0 bridgehead atoms. The van der Waals surface area contributed by atoms with E-state index < -0.39 is 0 Å². The molecule has 3 aromatic rings. The summed E-state index contributed by atoms with van der Waals surface area (Å²) in [6, 6.07) is 16.1. The van der Waals surface area contributed by atoms with Gasteiger partial charge in [-0.3, -0.25) is 9.78 Å². The van der Waals surface area contributed by atoms with Crippen molar-refractivity contribution in [2.75, 3.05) is 33.2 Å². The smallest absolute Gasteiger partial charge is 0.272 e. The average Bonchev–Trinajstić information content (AvgIpc) is 2.89. The minimum Gasteiger partial charge on any atom is -0.336 e. The molecule has 0 radical (unpaired) electrons. The Hall–Kier alpha value is -2.79. The zero-order valence-corrected chi connectivity index (χ0v) is 16.5. The first-order valence-corrected chi connectivity index (χ1v) is 9.84. The molecule has 1 aliphatic heterocycles. The molecule has 28 heavy (non-hydrogen) atoms. The van der Waals surface area contributed by atoms with Crippen molar-refractivity contribution in [2.24, 2.45) is 5.92 Å². The Labute approximate surface area is 166 Å². The van der Waals surface area contributed by atoms with Crippen molar-refractivity contribution in [3.05, 3.63) is 71.7 Å². The Kier molecular flexibility index (Phi) is 5.35. The number of pyridine rings is 2. The molecule has 4 rings (SSSR count). The van der Waals surface area contributed by atoms with Gasteiger partial charge in [-0.25, -0.2) is 4.98 Å². The molecule has 1 aromatic carbocycles. The fourth-order valence-corrected chi connectivity index (χ4v) is 4.07. The summed E-state index contributed by atoms with van der Waals surface area (Å²) < 4.78 is 0. The third-order valence-electron chi connectivity index (χ3n) is 5.42. The number of hydrogen-bond acceptors (Lipinski definition) is 4. The van der Waals surface area contributed by atoms with Gasteiger partial charge in [-0.2, -0.15) is 0 Å². The molecule has 1 amide bonds. The van der Waals surface area contributed by atoms with E-state index in [0.29, 0.717) is 11.6 Å². The largest absolute Gasteiger partial charge is 0.336 e. The number of carbonyl (C=O) groups excluding carboxylic acids is 1. The summed E-state index contributed by atoms with van der Waals surface area (Å²) in [4.78, 5) is 26.4. The summed E-state index contributed by atoms with van der Waals surface area (Å²) in [5.41, 5.74) is 3.72. The summed E-state index contributed by atoms with van der Waals surface area (Å²) in [6.07, 6.45) is 2.76. The summed E-state index contributed by atoms with van der Waals surface area (Å²) >= 11 is 0. The zero-order chi connectivity index (χ0) is 19.5. The topological polar surface area (TPSA) is 49.3 Å². The average molecular weight is 374 g/mol. The molecule has 144 valence electrons. The normalized spacial score (nSPS) is 18.2. The number of amides is 1. The van der Waals surface area contributed by atoms with Crippen LogP contribution in [0.4, 0.5) is 0 Å². The lowest BCUT2D eigenvalue weighted by Crippen LogP contribution is -2.37. The molecule has 0 spiro atoms. The highest BCUT2D eigenvalue weighted by atomic mass is 16.2. The quantitative estimate of drug-likeness (QED) is 0.706. The molecule has 5 nitrogen and oxygen atoms in total. The van der Waals surface area contributed by atoms with Crippen LogP contribution in [0.1, 0.15) is 21.7 Å². The fourth-order valence-electron chi connectivity index (χ4n) is 4.07. The number of nitrogens with zero attached hydrogens (tertiary/aromatic N) is 4. The Bertz CT molecular complexity index is 982. The first kappa shape index (κ1) is 18.6. The molecule has 5 heteroatoms. The van der Waals surface area contributed by atoms with Crippen LogP contribution in [0, 0.1) is 12.8 Å². The second-order valence-electron chi connectivity index (χ2n) is 7.74. The fraction of sp³-hybridized carbons (Fsp3) is 0.348. The van der Waals surface area contributed by atoms with Gasteiger partial charge in [0.2, 0.25) is 0 Å². The number of hydrogen-bond donors (Lipinski definition) is 0. The second kappa shape index (κ2) is 8.07. The Balaban J connectivity index is 1.57. The third kappa shape index (κ3) is 4.04. The molecule has 0 unspecified atom stereocenters. The van der Waals surface area contributed by atoms with Gasteiger partial charge in [0.1, 0.15) is 5.69 Å². The minimum absolute atomic E-state index is 0.0278. The van der Waals surface area contributed by atoms with Crippen molar-refractivity contribution >= 4 is 16.8 Å². The lowest BCUT2D eigenvalue weighted by molar-refractivity contribution is 0.0740. The monoisotopic (exact) mass is 374 g/mol. The van der Waals surface area contributed by atoms with E-state index in [0.717, 1.165) is 43.8 Å². The highest BCUT2D eigenvalue weighted by Crippen LogP contribution is 2.22. The van der Waals surface area contributed by atoms with E-state index >= 15 is 0 Å². The summed E-state index contributed by atoms with van der Waals surface area (Å²) in [6.45, 7) is 5.23. The number of rotatable bonds is 3. The van der Waals surface area contributed by atoms with Crippen LogP contribution in [-0.4, -0.2) is 58.9 Å². The van der Waals surface area contributed by atoms with E-state index in [1.54, 1.807) is 0 Å². The number of benzene rings is 1. The van der Waals surface area contributed by atoms with Crippen LogP contribution in [0.5, 0.6) is 0 Å². The highest BCUT2D eigenvalue weighted by Gasteiger charge is 2.26. The van der Waals surface area contributed by atoms with E-state index in [1.165, 1.54) is 10.9 Å².